The third kappa shape index (κ3) is 3.17. The topological polar surface area (TPSA) is 38.0 Å². The van der Waals surface area contributed by atoms with Crippen LogP contribution < -0.4 is 11.1 Å². The standard InChI is InChI=1S/C18H18F2N2/c19-16-10-14(21)11-17(20)18(16)13-6-7-22-15(9-13)8-12-4-2-1-3-5-12/h1-5,9-11,15,22H,6-8,21H2. The van der Waals surface area contributed by atoms with Gasteiger partial charge < -0.3 is 11.1 Å². The van der Waals surface area contributed by atoms with Crippen LogP contribution in [0.3, 0.4) is 0 Å². The SMILES string of the molecule is Nc1cc(F)c(C2=CC(Cc3ccccc3)NCC2)c(F)c1. The Morgan fingerprint density at radius 1 is 1.09 bits per heavy atom. The van der Waals surface area contributed by atoms with Crippen LogP contribution in [0.4, 0.5) is 14.5 Å². The zero-order valence-corrected chi connectivity index (χ0v) is 12.2. The number of nitrogens with two attached hydrogens (primary N) is 1. The lowest BCUT2D eigenvalue weighted by Crippen LogP contribution is -2.34. The number of nitrogen functional groups attached to an aromatic ring is 1. The normalized spacial score (nSPS) is 18.1. The van der Waals surface area contributed by atoms with E-state index >= 15 is 0 Å². The van der Waals surface area contributed by atoms with Gasteiger partial charge in [-0.15, -0.1) is 0 Å². The molecular weight excluding hydrogens is 282 g/mol. The van der Waals surface area contributed by atoms with Gasteiger partial charge in [0.1, 0.15) is 11.6 Å². The minimum absolute atomic E-state index is 0.0498. The van der Waals surface area contributed by atoms with E-state index in [1.165, 1.54) is 17.7 Å². The molecule has 1 aliphatic heterocycles. The maximum atomic E-state index is 14.1. The van der Waals surface area contributed by atoms with Gasteiger partial charge in [-0.25, -0.2) is 8.78 Å². The number of hydrogen-bond acceptors (Lipinski definition) is 2. The molecule has 114 valence electrons. The lowest BCUT2D eigenvalue weighted by Gasteiger charge is -2.24. The van der Waals surface area contributed by atoms with Crippen molar-refractivity contribution in [2.45, 2.75) is 18.9 Å². The van der Waals surface area contributed by atoms with E-state index in [9.17, 15) is 8.78 Å². The molecule has 1 aliphatic rings. The quantitative estimate of drug-likeness (QED) is 0.851. The van der Waals surface area contributed by atoms with Crippen LogP contribution in [0, 0.1) is 11.6 Å². The number of halogens is 2. The van der Waals surface area contributed by atoms with Crippen molar-refractivity contribution in [1.29, 1.82) is 0 Å². The fraction of sp³-hybridized carbons (Fsp3) is 0.222. The van der Waals surface area contributed by atoms with Crippen LogP contribution in [-0.2, 0) is 6.42 Å². The predicted molar refractivity (Wildman–Crippen MR) is 85.3 cm³/mol. The van der Waals surface area contributed by atoms with Crippen LogP contribution in [0.1, 0.15) is 17.5 Å². The van der Waals surface area contributed by atoms with E-state index in [1.807, 2.05) is 36.4 Å². The van der Waals surface area contributed by atoms with Crippen LogP contribution in [0.5, 0.6) is 0 Å². The molecular formula is C18H18F2N2. The van der Waals surface area contributed by atoms with Gasteiger partial charge in [-0.2, -0.15) is 0 Å². The number of nitrogens with one attached hydrogen (secondary N) is 1. The predicted octanol–water partition coefficient (Wildman–Crippen LogP) is 3.54. The van der Waals surface area contributed by atoms with Gasteiger partial charge >= 0.3 is 0 Å². The highest BCUT2D eigenvalue weighted by Gasteiger charge is 2.20. The Kier molecular flexibility index (Phi) is 4.20. The van der Waals surface area contributed by atoms with Crippen LogP contribution in [-0.4, -0.2) is 12.6 Å². The highest BCUT2D eigenvalue weighted by Crippen LogP contribution is 2.28. The minimum Gasteiger partial charge on any atom is -0.399 e. The molecule has 4 heteroatoms. The summed E-state index contributed by atoms with van der Waals surface area (Å²) < 4.78 is 28.1. The maximum Gasteiger partial charge on any atom is 0.135 e. The fourth-order valence-corrected chi connectivity index (χ4v) is 2.88. The summed E-state index contributed by atoms with van der Waals surface area (Å²) in [4.78, 5) is 0. The first-order valence-electron chi connectivity index (χ1n) is 7.36. The Hall–Kier alpha value is -2.20. The second kappa shape index (κ2) is 6.28. The Labute approximate surface area is 128 Å². The summed E-state index contributed by atoms with van der Waals surface area (Å²) in [6.07, 6.45) is 3.32. The highest BCUT2D eigenvalue weighted by molar-refractivity contribution is 5.69. The van der Waals surface area contributed by atoms with Gasteiger partial charge in [-0.3, -0.25) is 0 Å². The van der Waals surface area contributed by atoms with Gasteiger partial charge in [0.25, 0.3) is 0 Å². The van der Waals surface area contributed by atoms with Gasteiger partial charge in [0, 0.05) is 17.3 Å². The molecule has 0 aliphatic carbocycles. The van der Waals surface area contributed by atoms with Crippen molar-refractivity contribution in [3.8, 4) is 0 Å². The first-order chi connectivity index (χ1) is 10.6. The summed E-state index contributed by atoms with van der Waals surface area (Å²) in [5.74, 6) is -1.19. The van der Waals surface area contributed by atoms with Crippen LogP contribution >= 0.6 is 0 Å². The van der Waals surface area contributed by atoms with Gasteiger partial charge in [0.05, 0.1) is 0 Å². The average Bonchev–Trinajstić information content (AvgIpc) is 2.47. The van der Waals surface area contributed by atoms with Crippen molar-refractivity contribution in [2.24, 2.45) is 0 Å². The molecule has 1 unspecified atom stereocenters. The summed E-state index contributed by atoms with van der Waals surface area (Å²) in [6, 6.07) is 12.5. The average molecular weight is 300 g/mol. The molecule has 2 aromatic carbocycles. The molecule has 0 fully saturated rings. The largest absolute Gasteiger partial charge is 0.399 e. The van der Waals surface area contributed by atoms with E-state index in [-0.39, 0.29) is 17.3 Å². The zero-order chi connectivity index (χ0) is 15.5. The maximum absolute atomic E-state index is 14.1. The first-order valence-corrected chi connectivity index (χ1v) is 7.36. The molecule has 3 rings (SSSR count). The molecule has 0 spiro atoms. The highest BCUT2D eigenvalue weighted by atomic mass is 19.1. The van der Waals surface area contributed by atoms with E-state index < -0.39 is 11.6 Å². The number of rotatable bonds is 3. The fourth-order valence-electron chi connectivity index (χ4n) is 2.88. The lowest BCUT2D eigenvalue weighted by atomic mass is 9.93. The Bertz CT molecular complexity index is 672. The van der Waals surface area contributed by atoms with E-state index in [2.05, 4.69) is 5.32 Å². The molecule has 2 nitrogen and oxygen atoms in total. The second-order valence-corrected chi connectivity index (χ2v) is 5.55. The number of anilines is 1. The van der Waals surface area contributed by atoms with Gasteiger partial charge in [-0.1, -0.05) is 36.4 Å². The van der Waals surface area contributed by atoms with Crippen LogP contribution in [0.15, 0.2) is 48.5 Å². The molecule has 1 atom stereocenters. The van der Waals surface area contributed by atoms with E-state index in [1.54, 1.807) is 0 Å². The summed E-state index contributed by atoms with van der Waals surface area (Å²) in [7, 11) is 0. The van der Waals surface area contributed by atoms with E-state index in [4.69, 9.17) is 5.73 Å². The number of benzene rings is 2. The van der Waals surface area contributed by atoms with Crippen molar-refractivity contribution < 1.29 is 8.78 Å². The monoisotopic (exact) mass is 300 g/mol. The van der Waals surface area contributed by atoms with Crippen molar-refractivity contribution >= 4 is 11.3 Å². The van der Waals surface area contributed by atoms with Crippen LogP contribution in [0.2, 0.25) is 0 Å². The van der Waals surface area contributed by atoms with Gasteiger partial charge in [-0.05, 0) is 42.7 Å². The molecule has 0 bridgehead atoms. The molecule has 0 amide bonds. The van der Waals surface area contributed by atoms with E-state index in [0.717, 1.165) is 6.42 Å². The van der Waals surface area contributed by atoms with Gasteiger partial charge in [0.2, 0.25) is 0 Å². The van der Waals surface area contributed by atoms with Crippen LogP contribution in [0.25, 0.3) is 5.57 Å². The zero-order valence-electron chi connectivity index (χ0n) is 12.2. The Balaban J connectivity index is 1.88. The molecule has 22 heavy (non-hydrogen) atoms. The van der Waals surface area contributed by atoms with Crippen molar-refractivity contribution in [2.75, 3.05) is 12.3 Å². The molecule has 3 N–H and O–H groups in total. The Morgan fingerprint density at radius 2 is 1.77 bits per heavy atom. The Morgan fingerprint density at radius 3 is 2.45 bits per heavy atom. The molecule has 0 saturated carbocycles. The molecule has 0 radical (unpaired) electrons. The summed E-state index contributed by atoms with van der Waals surface area (Å²) in [5.41, 5.74) is 7.52. The lowest BCUT2D eigenvalue weighted by molar-refractivity contribution is 0.558. The van der Waals surface area contributed by atoms with E-state index in [0.29, 0.717) is 18.5 Å². The van der Waals surface area contributed by atoms with Crippen molar-refractivity contribution in [3.63, 3.8) is 0 Å². The molecule has 0 saturated heterocycles. The van der Waals surface area contributed by atoms with Crippen molar-refractivity contribution in [1.82, 2.24) is 5.32 Å². The third-order valence-corrected chi connectivity index (χ3v) is 3.89. The molecule has 0 aromatic heterocycles. The smallest absolute Gasteiger partial charge is 0.135 e. The third-order valence-electron chi connectivity index (χ3n) is 3.89. The summed E-state index contributed by atoms with van der Waals surface area (Å²) in [6.45, 7) is 0.701. The summed E-state index contributed by atoms with van der Waals surface area (Å²) >= 11 is 0. The summed E-state index contributed by atoms with van der Waals surface area (Å²) in [5, 5.41) is 3.37. The second-order valence-electron chi connectivity index (χ2n) is 5.55. The number of hydrogen-bond donors (Lipinski definition) is 2. The minimum atomic E-state index is -0.593. The van der Waals surface area contributed by atoms with Gasteiger partial charge in [0.15, 0.2) is 0 Å². The molecule has 1 heterocycles. The first kappa shape index (κ1) is 14.7. The molecule has 2 aromatic rings. The van der Waals surface area contributed by atoms with Crippen molar-refractivity contribution in [3.05, 3.63) is 71.3 Å².